The van der Waals surface area contributed by atoms with Crippen LogP contribution >= 0.6 is 0 Å². The summed E-state index contributed by atoms with van der Waals surface area (Å²) >= 11 is 0. The third-order valence-electron chi connectivity index (χ3n) is 7.43. The molecule has 0 aliphatic carbocycles. The standard InChI is InChI=1S/C29H39N5O4/c1-5-22(4)34-29(35)33(20-30-34)25-8-6-23(7-9-25)31-14-16-32(17-15-31)24-10-12-26(13-11-24)36-18-27-19-37-28(38-27)21(2)3/h6-13,20-22,27-28H,5,14-19H2,1-4H3/t22?,27-,28?/m1/s1. The van der Waals surface area contributed by atoms with Gasteiger partial charge >= 0.3 is 5.69 Å². The van der Waals surface area contributed by atoms with Gasteiger partial charge in [0.15, 0.2) is 6.29 Å². The molecule has 3 atom stereocenters. The summed E-state index contributed by atoms with van der Waals surface area (Å²) in [5.74, 6) is 1.19. The summed E-state index contributed by atoms with van der Waals surface area (Å²) in [5.41, 5.74) is 3.10. The predicted molar refractivity (Wildman–Crippen MR) is 149 cm³/mol. The second kappa shape index (κ2) is 11.6. The Morgan fingerprint density at radius 1 is 0.921 bits per heavy atom. The molecular weight excluding hydrogens is 482 g/mol. The normalized spacial score (nSPS) is 20.8. The Bertz CT molecular complexity index is 1230. The zero-order chi connectivity index (χ0) is 26.6. The minimum Gasteiger partial charge on any atom is -0.491 e. The fourth-order valence-corrected chi connectivity index (χ4v) is 4.87. The van der Waals surface area contributed by atoms with Crippen LogP contribution in [0.1, 0.15) is 40.2 Å². The minimum atomic E-state index is -0.133. The van der Waals surface area contributed by atoms with Crippen LogP contribution in [0.2, 0.25) is 0 Å². The van der Waals surface area contributed by atoms with E-state index in [9.17, 15) is 4.79 Å². The molecule has 5 rings (SSSR count). The summed E-state index contributed by atoms with van der Waals surface area (Å²) in [6, 6.07) is 16.6. The number of rotatable bonds is 9. The van der Waals surface area contributed by atoms with E-state index in [2.05, 4.69) is 59.9 Å². The smallest absolute Gasteiger partial charge is 0.350 e. The van der Waals surface area contributed by atoms with Crippen molar-refractivity contribution in [2.45, 2.75) is 52.6 Å². The van der Waals surface area contributed by atoms with Gasteiger partial charge in [0.1, 0.15) is 24.8 Å². The Hall–Kier alpha value is -3.30. The van der Waals surface area contributed by atoms with Gasteiger partial charge < -0.3 is 24.0 Å². The molecule has 0 spiro atoms. The molecule has 0 amide bonds. The lowest BCUT2D eigenvalue weighted by molar-refractivity contribution is -0.0914. The van der Waals surface area contributed by atoms with Gasteiger partial charge in [-0.25, -0.2) is 14.0 Å². The number of hydrogen-bond acceptors (Lipinski definition) is 7. The molecule has 0 saturated carbocycles. The van der Waals surface area contributed by atoms with Gasteiger partial charge in [0, 0.05) is 43.5 Å². The molecule has 2 aliphatic heterocycles. The highest BCUT2D eigenvalue weighted by Gasteiger charge is 2.28. The van der Waals surface area contributed by atoms with Crippen molar-refractivity contribution in [3.8, 4) is 11.4 Å². The Balaban J connectivity index is 1.12. The summed E-state index contributed by atoms with van der Waals surface area (Å²) < 4.78 is 20.6. The molecule has 0 radical (unpaired) electrons. The van der Waals surface area contributed by atoms with Crippen molar-refractivity contribution in [2.24, 2.45) is 5.92 Å². The lowest BCUT2D eigenvalue weighted by atomic mass is 10.2. The predicted octanol–water partition coefficient (Wildman–Crippen LogP) is 4.11. The summed E-state index contributed by atoms with van der Waals surface area (Å²) in [6.07, 6.45) is 2.32. The molecule has 3 heterocycles. The lowest BCUT2D eigenvalue weighted by Crippen LogP contribution is -2.46. The van der Waals surface area contributed by atoms with Gasteiger partial charge in [-0.1, -0.05) is 20.8 Å². The molecule has 2 aliphatic rings. The fourth-order valence-electron chi connectivity index (χ4n) is 4.87. The highest BCUT2D eigenvalue weighted by Crippen LogP contribution is 2.25. The average Bonchev–Trinajstić information content (AvgIpc) is 3.59. The Morgan fingerprint density at radius 3 is 2.05 bits per heavy atom. The summed E-state index contributed by atoms with van der Waals surface area (Å²) in [7, 11) is 0. The number of ether oxygens (including phenoxy) is 3. The molecule has 9 heteroatoms. The maximum Gasteiger partial charge on any atom is 0.350 e. The molecule has 2 fully saturated rings. The Morgan fingerprint density at radius 2 is 1.50 bits per heavy atom. The number of nitrogens with zero attached hydrogens (tertiary/aromatic N) is 5. The molecule has 38 heavy (non-hydrogen) atoms. The van der Waals surface area contributed by atoms with E-state index < -0.39 is 0 Å². The van der Waals surface area contributed by atoms with Crippen molar-refractivity contribution in [3.63, 3.8) is 0 Å². The summed E-state index contributed by atoms with van der Waals surface area (Å²) in [5, 5.41) is 4.29. The topological polar surface area (TPSA) is 74.0 Å². The molecule has 1 aromatic heterocycles. The van der Waals surface area contributed by atoms with Crippen LogP contribution in [0.15, 0.2) is 59.7 Å². The van der Waals surface area contributed by atoms with E-state index in [0.29, 0.717) is 19.1 Å². The number of piperazine rings is 1. The van der Waals surface area contributed by atoms with E-state index in [1.165, 1.54) is 5.69 Å². The highest BCUT2D eigenvalue weighted by molar-refractivity contribution is 5.54. The van der Waals surface area contributed by atoms with Gasteiger partial charge in [0.2, 0.25) is 0 Å². The van der Waals surface area contributed by atoms with Gasteiger partial charge in [0.25, 0.3) is 0 Å². The Kier molecular flexibility index (Phi) is 8.04. The number of hydrogen-bond donors (Lipinski definition) is 0. The third kappa shape index (κ3) is 5.73. The average molecular weight is 522 g/mol. The summed E-state index contributed by atoms with van der Waals surface area (Å²) in [6.45, 7) is 13.1. The van der Waals surface area contributed by atoms with E-state index in [1.54, 1.807) is 15.6 Å². The summed E-state index contributed by atoms with van der Waals surface area (Å²) in [4.78, 5) is 17.5. The highest BCUT2D eigenvalue weighted by atomic mass is 16.7. The number of anilines is 2. The first kappa shape index (κ1) is 26.3. The van der Waals surface area contributed by atoms with Crippen LogP contribution < -0.4 is 20.2 Å². The Labute approximate surface area is 224 Å². The van der Waals surface area contributed by atoms with Crippen LogP contribution in [0.5, 0.6) is 5.75 Å². The van der Waals surface area contributed by atoms with Crippen LogP contribution in [0.4, 0.5) is 11.4 Å². The fraction of sp³-hybridized carbons (Fsp3) is 0.517. The zero-order valence-electron chi connectivity index (χ0n) is 22.8. The molecule has 2 unspecified atom stereocenters. The molecule has 0 N–H and O–H groups in total. The van der Waals surface area contributed by atoms with E-state index in [4.69, 9.17) is 14.2 Å². The van der Waals surface area contributed by atoms with E-state index >= 15 is 0 Å². The van der Waals surface area contributed by atoms with Crippen LogP contribution in [0, 0.1) is 5.92 Å². The molecule has 204 valence electrons. The maximum absolute atomic E-state index is 12.7. The molecule has 3 aromatic rings. The monoisotopic (exact) mass is 521 g/mol. The van der Waals surface area contributed by atoms with Crippen LogP contribution in [0.25, 0.3) is 5.69 Å². The van der Waals surface area contributed by atoms with Gasteiger partial charge in [-0.05, 0) is 61.9 Å². The quantitative estimate of drug-likeness (QED) is 0.420. The van der Waals surface area contributed by atoms with Crippen molar-refractivity contribution in [2.75, 3.05) is 49.2 Å². The van der Waals surface area contributed by atoms with Crippen molar-refractivity contribution in [3.05, 3.63) is 65.3 Å². The number of aromatic nitrogens is 3. The van der Waals surface area contributed by atoms with Gasteiger partial charge in [-0.3, -0.25) is 0 Å². The van der Waals surface area contributed by atoms with E-state index in [0.717, 1.165) is 49.7 Å². The molecular formula is C29H39N5O4. The lowest BCUT2D eigenvalue weighted by Gasteiger charge is -2.37. The van der Waals surface area contributed by atoms with Crippen molar-refractivity contribution in [1.29, 1.82) is 0 Å². The van der Waals surface area contributed by atoms with E-state index in [-0.39, 0.29) is 24.1 Å². The largest absolute Gasteiger partial charge is 0.491 e. The third-order valence-corrected chi connectivity index (χ3v) is 7.43. The zero-order valence-corrected chi connectivity index (χ0v) is 22.8. The second-order valence-electron chi connectivity index (χ2n) is 10.5. The van der Waals surface area contributed by atoms with Crippen molar-refractivity contribution >= 4 is 11.4 Å². The van der Waals surface area contributed by atoms with Gasteiger partial charge in [-0.2, -0.15) is 5.10 Å². The molecule has 2 aromatic carbocycles. The molecule has 9 nitrogen and oxygen atoms in total. The van der Waals surface area contributed by atoms with Crippen LogP contribution in [0.3, 0.4) is 0 Å². The van der Waals surface area contributed by atoms with Crippen molar-refractivity contribution < 1.29 is 14.2 Å². The second-order valence-corrected chi connectivity index (χ2v) is 10.5. The van der Waals surface area contributed by atoms with Gasteiger partial charge in [-0.15, -0.1) is 0 Å². The van der Waals surface area contributed by atoms with Crippen LogP contribution in [-0.2, 0) is 9.47 Å². The van der Waals surface area contributed by atoms with Gasteiger partial charge in [0.05, 0.1) is 18.3 Å². The SMILES string of the molecule is CCC(C)n1ncn(-c2ccc(N3CCN(c4ccc(OC[C@@H]5COC(C(C)C)O5)cc4)CC3)cc2)c1=O. The number of benzene rings is 2. The minimum absolute atomic E-state index is 0.0207. The maximum atomic E-state index is 12.7. The van der Waals surface area contributed by atoms with Crippen molar-refractivity contribution in [1.82, 2.24) is 14.3 Å². The molecule has 0 bridgehead atoms. The van der Waals surface area contributed by atoms with E-state index in [1.807, 2.05) is 31.2 Å². The first-order valence-corrected chi connectivity index (χ1v) is 13.7. The first-order chi connectivity index (χ1) is 18.4. The first-order valence-electron chi connectivity index (χ1n) is 13.7. The van der Waals surface area contributed by atoms with Crippen LogP contribution in [-0.4, -0.2) is 66.1 Å². The molecule has 2 saturated heterocycles.